The Hall–Kier alpha value is -2.18. The Morgan fingerprint density at radius 2 is 2.29 bits per heavy atom. The molecule has 2 heterocycles. The highest BCUT2D eigenvalue weighted by Gasteiger charge is 2.17. The molecule has 0 radical (unpaired) electrons. The van der Waals surface area contributed by atoms with Crippen LogP contribution in [-0.4, -0.2) is 35.1 Å². The predicted octanol–water partition coefficient (Wildman–Crippen LogP) is 3.09. The van der Waals surface area contributed by atoms with Crippen LogP contribution in [0.15, 0.2) is 30.5 Å². The number of benzene rings is 1. The van der Waals surface area contributed by atoms with Gasteiger partial charge in [-0.1, -0.05) is 17.7 Å². The van der Waals surface area contributed by atoms with Crippen molar-refractivity contribution in [2.24, 2.45) is 0 Å². The van der Waals surface area contributed by atoms with E-state index in [-0.39, 0.29) is 12.0 Å². The zero-order valence-corrected chi connectivity index (χ0v) is 14.1. The van der Waals surface area contributed by atoms with E-state index < -0.39 is 0 Å². The molecule has 0 aliphatic carbocycles. The maximum absolute atomic E-state index is 12.2. The highest BCUT2D eigenvalue weighted by atomic mass is 35.5. The zero-order valence-electron chi connectivity index (χ0n) is 13.4. The van der Waals surface area contributed by atoms with Crippen molar-refractivity contribution in [3.05, 3.63) is 46.7 Å². The van der Waals surface area contributed by atoms with Gasteiger partial charge in [0, 0.05) is 30.1 Å². The normalized spacial score (nSPS) is 16.8. The summed E-state index contributed by atoms with van der Waals surface area (Å²) in [6.07, 6.45) is 3.67. The summed E-state index contributed by atoms with van der Waals surface area (Å²) < 4.78 is 5.49. The number of carbonyl (C=O) groups excluding carboxylic acids is 1. The third kappa shape index (κ3) is 4.21. The fourth-order valence-electron chi connectivity index (χ4n) is 2.50. The van der Waals surface area contributed by atoms with Gasteiger partial charge in [0.15, 0.2) is 0 Å². The monoisotopic (exact) mass is 346 g/mol. The lowest BCUT2D eigenvalue weighted by Gasteiger charge is -2.11. The van der Waals surface area contributed by atoms with Crippen LogP contribution in [0, 0.1) is 6.92 Å². The molecule has 1 unspecified atom stereocenters. The molecule has 0 bridgehead atoms. The van der Waals surface area contributed by atoms with Crippen molar-refractivity contribution < 1.29 is 9.53 Å². The van der Waals surface area contributed by atoms with Crippen molar-refractivity contribution in [3.8, 4) is 0 Å². The SMILES string of the molecule is Cc1ccc(Cl)cc1Nc1nccc(C(=O)NCC2CCCO2)n1. The van der Waals surface area contributed by atoms with Gasteiger partial charge in [0.1, 0.15) is 5.69 Å². The molecule has 24 heavy (non-hydrogen) atoms. The predicted molar refractivity (Wildman–Crippen MR) is 92.8 cm³/mol. The molecule has 1 aromatic heterocycles. The van der Waals surface area contributed by atoms with Crippen LogP contribution in [0.25, 0.3) is 0 Å². The molecule has 1 fully saturated rings. The number of aryl methyl sites for hydroxylation is 1. The zero-order chi connectivity index (χ0) is 16.9. The molecule has 1 saturated heterocycles. The van der Waals surface area contributed by atoms with Crippen molar-refractivity contribution in [2.75, 3.05) is 18.5 Å². The number of carbonyl (C=O) groups is 1. The van der Waals surface area contributed by atoms with Gasteiger partial charge in [-0.05, 0) is 43.5 Å². The maximum Gasteiger partial charge on any atom is 0.270 e. The first kappa shape index (κ1) is 16.7. The maximum atomic E-state index is 12.2. The number of hydrogen-bond acceptors (Lipinski definition) is 5. The molecule has 1 amide bonds. The first-order chi connectivity index (χ1) is 11.6. The van der Waals surface area contributed by atoms with E-state index in [1.807, 2.05) is 19.1 Å². The minimum Gasteiger partial charge on any atom is -0.376 e. The summed E-state index contributed by atoms with van der Waals surface area (Å²) in [5.74, 6) is 0.115. The van der Waals surface area contributed by atoms with E-state index in [2.05, 4.69) is 20.6 Å². The number of hydrogen-bond donors (Lipinski definition) is 2. The summed E-state index contributed by atoms with van der Waals surface area (Å²) in [6.45, 7) is 3.22. The second kappa shape index (κ2) is 7.59. The van der Waals surface area contributed by atoms with E-state index in [1.54, 1.807) is 18.3 Å². The molecule has 1 aromatic carbocycles. The van der Waals surface area contributed by atoms with Crippen molar-refractivity contribution in [1.29, 1.82) is 0 Å². The summed E-state index contributed by atoms with van der Waals surface area (Å²) in [4.78, 5) is 20.6. The summed E-state index contributed by atoms with van der Waals surface area (Å²) in [7, 11) is 0. The van der Waals surface area contributed by atoms with E-state index >= 15 is 0 Å². The number of amides is 1. The molecule has 1 aliphatic rings. The average Bonchev–Trinajstić information content (AvgIpc) is 3.10. The van der Waals surface area contributed by atoms with Crippen LogP contribution in [0.1, 0.15) is 28.9 Å². The van der Waals surface area contributed by atoms with E-state index in [4.69, 9.17) is 16.3 Å². The molecule has 2 aromatic rings. The molecule has 0 saturated carbocycles. The Kier molecular flexibility index (Phi) is 5.27. The number of halogens is 1. The summed E-state index contributed by atoms with van der Waals surface area (Å²) in [6, 6.07) is 7.10. The molecular formula is C17H19ClN4O2. The smallest absolute Gasteiger partial charge is 0.270 e. The third-order valence-electron chi connectivity index (χ3n) is 3.85. The molecule has 7 heteroatoms. The highest BCUT2D eigenvalue weighted by molar-refractivity contribution is 6.30. The number of nitrogens with one attached hydrogen (secondary N) is 2. The first-order valence-electron chi connectivity index (χ1n) is 7.88. The quantitative estimate of drug-likeness (QED) is 0.870. The van der Waals surface area contributed by atoms with Gasteiger partial charge < -0.3 is 15.4 Å². The van der Waals surface area contributed by atoms with Crippen LogP contribution >= 0.6 is 11.6 Å². The molecule has 1 aliphatic heterocycles. The van der Waals surface area contributed by atoms with Crippen LogP contribution in [0.2, 0.25) is 5.02 Å². The van der Waals surface area contributed by atoms with Gasteiger partial charge in [-0.25, -0.2) is 9.97 Å². The summed E-state index contributed by atoms with van der Waals surface area (Å²) >= 11 is 6.01. The number of rotatable bonds is 5. The van der Waals surface area contributed by atoms with Crippen LogP contribution < -0.4 is 10.6 Å². The summed E-state index contributed by atoms with van der Waals surface area (Å²) in [5.41, 5.74) is 2.13. The number of aromatic nitrogens is 2. The van der Waals surface area contributed by atoms with Gasteiger partial charge in [0.2, 0.25) is 5.95 Å². The average molecular weight is 347 g/mol. The topological polar surface area (TPSA) is 76.1 Å². The van der Waals surface area contributed by atoms with Gasteiger partial charge in [-0.15, -0.1) is 0 Å². The lowest BCUT2D eigenvalue weighted by atomic mass is 10.2. The molecule has 6 nitrogen and oxygen atoms in total. The van der Waals surface area contributed by atoms with Gasteiger partial charge in [-0.3, -0.25) is 4.79 Å². The Bertz CT molecular complexity index is 732. The third-order valence-corrected chi connectivity index (χ3v) is 4.08. The molecule has 126 valence electrons. The van der Waals surface area contributed by atoms with Gasteiger partial charge in [0.05, 0.1) is 6.10 Å². The minimum absolute atomic E-state index is 0.0995. The van der Waals surface area contributed by atoms with E-state index in [0.717, 1.165) is 30.7 Å². The van der Waals surface area contributed by atoms with E-state index in [9.17, 15) is 4.79 Å². The molecular weight excluding hydrogens is 328 g/mol. The molecule has 2 N–H and O–H groups in total. The lowest BCUT2D eigenvalue weighted by molar-refractivity contribution is 0.0853. The fourth-order valence-corrected chi connectivity index (χ4v) is 2.67. The van der Waals surface area contributed by atoms with Crippen LogP contribution in [0.3, 0.4) is 0 Å². The molecule has 3 rings (SSSR count). The van der Waals surface area contributed by atoms with Gasteiger partial charge >= 0.3 is 0 Å². The van der Waals surface area contributed by atoms with Crippen molar-refractivity contribution in [2.45, 2.75) is 25.9 Å². The van der Waals surface area contributed by atoms with Crippen LogP contribution in [-0.2, 0) is 4.74 Å². The largest absolute Gasteiger partial charge is 0.376 e. The number of ether oxygens (including phenoxy) is 1. The van der Waals surface area contributed by atoms with Gasteiger partial charge in [0.25, 0.3) is 5.91 Å². The van der Waals surface area contributed by atoms with Gasteiger partial charge in [-0.2, -0.15) is 0 Å². The van der Waals surface area contributed by atoms with E-state index in [0.29, 0.717) is 23.2 Å². The summed E-state index contributed by atoms with van der Waals surface area (Å²) in [5, 5.41) is 6.56. The molecule has 0 spiro atoms. The number of nitrogens with zero attached hydrogens (tertiary/aromatic N) is 2. The number of anilines is 2. The Labute approximate surface area is 145 Å². The minimum atomic E-state index is -0.237. The van der Waals surface area contributed by atoms with Crippen molar-refractivity contribution >= 4 is 29.1 Å². The second-order valence-electron chi connectivity index (χ2n) is 5.69. The van der Waals surface area contributed by atoms with Crippen LogP contribution in [0.4, 0.5) is 11.6 Å². The van der Waals surface area contributed by atoms with Crippen molar-refractivity contribution in [1.82, 2.24) is 15.3 Å². The Morgan fingerprint density at radius 1 is 1.42 bits per heavy atom. The standard InChI is InChI=1S/C17H19ClN4O2/c1-11-4-5-12(18)9-15(11)22-17-19-7-6-14(21-17)16(23)20-10-13-3-2-8-24-13/h4-7,9,13H,2-3,8,10H2,1H3,(H,20,23)(H,19,21,22). The Morgan fingerprint density at radius 3 is 3.08 bits per heavy atom. The molecule has 1 atom stereocenters. The highest BCUT2D eigenvalue weighted by Crippen LogP contribution is 2.22. The second-order valence-corrected chi connectivity index (χ2v) is 6.13. The first-order valence-corrected chi connectivity index (χ1v) is 8.25. The van der Waals surface area contributed by atoms with Crippen molar-refractivity contribution in [3.63, 3.8) is 0 Å². The van der Waals surface area contributed by atoms with Crippen LogP contribution in [0.5, 0.6) is 0 Å². The fraction of sp³-hybridized carbons (Fsp3) is 0.353. The lowest BCUT2D eigenvalue weighted by Crippen LogP contribution is -2.32. The Balaban J connectivity index is 1.66. The van der Waals surface area contributed by atoms with E-state index in [1.165, 1.54) is 0 Å².